The number of nitrogens with one attached hydrogen (secondary N) is 1. The fourth-order valence-corrected chi connectivity index (χ4v) is 4.60. The van der Waals surface area contributed by atoms with Gasteiger partial charge in [-0.25, -0.2) is 0 Å². The first kappa shape index (κ1) is 19.8. The maximum atomic E-state index is 12.6. The molecule has 1 N–H and O–H groups in total. The molecule has 0 unspecified atom stereocenters. The second-order valence-corrected chi connectivity index (χ2v) is 8.87. The van der Waals surface area contributed by atoms with Crippen molar-refractivity contribution < 1.29 is 17.4 Å². The second kappa shape index (κ2) is 8.38. The Morgan fingerprint density at radius 2 is 2.11 bits per heavy atom. The highest BCUT2D eigenvalue weighted by atomic mass is 32.2. The molecule has 0 bridgehead atoms. The van der Waals surface area contributed by atoms with Crippen molar-refractivity contribution in [3.8, 4) is 6.07 Å². The molecule has 1 aromatic rings. The minimum atomic E-state index is -3.75. The molecule has 2 saturated heterocycles. The molecule has 0 radical (unpaired) electrons. The van der Waals surface area contributed by atoms with Gasteiger partial charge in [0, 0.05) is 6.54 Å². The predicted molar refractivity (Wildman–Crippen MR) is 99.2 cm³/mol. The summed E-state index contributed by atoms with van der Waals surface area (Å²) >= 11 is 0. The maximum absolute atomic E-state index is 12.6. The lowest BCUT2D eigenvalue weighted by atomic mass is 10.0. The van der Waals surface area contributed by atoms with E-state index >= 15 is 0 Å². The van der Waals surface area contributed by atoms with E-state index in [-0.39, 0.29) is 35.4 Å². The number of rotatable bonds is 6. The molecule has 1 amide bonds. The summed E-state index contributed by atoms with van der Waals surface area (Å²) < 4.78 is 29.6. The van der Waals surface area contributed by atoms with E-state index in [1.807, 2.05) is 6.92 Å². The molecule has 2 fully saturated rings. The second-order valence-electron chi connectivity index (χ2n) is 7.26. The molecule has 0 saturated carbocycles. The molecule has 1 aromatic carbocycles. The van der Waals surface area contributed by atoms with Gasteiger partial charge < -0.3 is 10.2 Å². The van der Waals surface area contributed by atoms with Crippen LogP contribution in [0.5, 0.6) is 0 Å². The molecule has 2 aliphatic heterocycles. The van der Waals surface area contributed by atoms with Crippen LogP contribution in [0.4, 0.5) is 0 Å². The highest BCUT2D eigenvalue weighted by Gasteiger charge is 2.36. The summed E-state index contributed by atoms with van der Waals surface area (Å²) in [7, 11) is -3.75. The van der Waals surface area contributed by atoms with Crippen LogP contribution in [0, 0.1) is 24.2 Å². The van der Waals surface area contributed by atoms with Gasteiger partial charge in [0.2, 0.25) is 5.91 Å². The number of carbonyl (C=O) groups excluding carboxylic acids is 1. The van der Waals surface area contributed by atoms with Gasteiger partial charge in [-0.3, -0.25) is 8.98 Å². The highest BCUT2D eigenvalue weighted by molar-refractivity contribution is 7.86. The van der Waals surface area contributed by atoms with E-state index in [1.54, 1.807) is 17.0 Å². The van der Waals surface area contributed by atoms with Crippen LogP contribution >= 0.6 is 0 Å². The van der Waals surface area contributed by atoms with E-state index in [2.05, 4.69) is 11.4 Å². The van der Waals surface area contributed by atoms with Crippen LogP contribution in [0.1, 0.15) is 31.2 Å². The van der Waals surface area contributed by atoms with Crippen LogP contribution in [0.15, 0.2) is 29.2 Å². The third kappa shape index (κ3) is 4.67. The smallest absolute Gasteiger partial charge is 0.296 e. The number of hydrogen-bond acceptors (Lipinski definition) is 6. The lowest BCUT2D eigenvalue weighted by molar-refractivity contribution is -0.133. The fourth-order valence-electron chi connectivity index (χ4n) is 3.68. The number of benzene rings is 1. The number of hydrogen-bond donors (Lipinski definition) is 1. The number of nitrogens with zero attached hydrogens (tertiary/aromatic N) is 2. The minimum absolute atomic E-state index is 0.0188. The molecule has 7 nitrogen and oxygen atoms in total. The Balaban J connectivity index is 1.47. The van der Waals surface area contributed by atoms with Crippen LogP contribution < -0.4 is 5.32 Å². The third-order valence-electron chi connectivity index (χ3n) is 5.28. The first-order valence-electron chi connectivity index (χ1n) is 9.30. The van der Waals surface area contributed by atoms with Crippen molar-refractivity contribution in [3.63, 3.8) is 0 Å². The number of likely N-dealkylation sites (tertiary alicyclic amines) is 1. The highest BCUT2D eigenvalue weighted by Crippen LogP contribution is 2.24. The summed E-state index contributed by atoms with van der Waals surface area (Å²) in [6.45, 7) is 3.27. The van der Waals surface area contributed by atoms with E-state index in [0.717, 1.165) is 18.4 Å². The Morgan fingerprint density at radius 3 is 2.81 bits per heavy atom. The summed E-state index contributed by atoms with van der Waals surface area (Å²) in [4.78, 5) is 14.4. The van der Waals surface area contributed by atoms with E-state index in [1.165, 1.54) is 12.1 Å². The van der Waals surface area contributed by atoms with Gasteiger partial charge in [0.25, 0.3) is 10.1 Å². The van der Waals surface area contributed by atoms with Crippen LogP contribution in [0.2, 0.25) is 0 Å². The summed E-state index contributed by atoms with van der Waals surface area (Å²) in [5, 5.41) is 12.4. The molecule has 8 heteroatoms. The third-order valence-corrected chi connectivity index (χ3v) is 6.61. The Kier molecular flexibility index (Phi) is 6.15. The van der Waals surface area contributed by atoms with Crippen LogP contribution in [-0.4, -0.2) is 51.0 Å². The maximum Gasteiger partial charge on any atom is 0.296 e. The van der Waals surface area contributed by atoms with Crippen molar-refractivity contribution in [1.29, 1.82) is 5.26 Å². The average Bonchev–Trinajstić information content (AvgIpc) is 3.30. The van der Waals surface area contributed by atoms with Gasteiger partial charge in [-0.15, -0.1) is 0 Å². The lowest BCUT2D eigenvalue weighted by Gasteiger charge is -2.23. The summed E-state index contributed by atoms with van der Waals surface area (Å²) in [6, 6.07) is 8.13. The number of amides is 1. The lowest BCUT2D eigenvalue weighted by Crippen LogP contribution is -2.45. The molecule has 146 valence electrons. The molecular weight excluding hydrogens is 366 g/mol. The molecule has 0 aliphatic carbocycles. The van der Waals surface area contributed by atoms with Gasteiger partial charge >= 0.3 is 0 Å². The Bertz CT molecular complexity index is 816. The van der Waals surface area contributed by atoms with Crippen molar-refractivity contribution in [2.24, 2.45) is 5.92 Å². The molecular formula is C19H25N3O4S. The van der Waals surface area contributed by atoms with E-state index in [9.17, 15) is 13.2 Å². The SMILES string of the molecule is Cc1ccc(S(=O)(=O)OCC[C@@H]2CN[C@@H](C(=O)N3CCC[C@H]3C#N)C2)cc1. The molecule has 2 heterocycles. The van der Waals surface area contributed by atoms with Gasteiger partial charge in [0.1, 0.15) is 6.04 Å². The number of nitriles is 1. The molecule has 2 aliphatic rings. The Morgan fingerprint density at radius 1 is 1.37 bits per heavy atom. The van der Waals surface area contributed by atoms with Gasteiger partial charge in [-0.05, 0) is 57.2 Å². The summed E-state index contributed by atoms with van der Waals surface area (Å²) in [6.07, 6.45) is 2.80. The first-order valence-corrected chi connectivity index (χ1v) is 10.7. The van der Waals surface area contributed by atoms with Gasteiger partial charge in [-0.2, -0.15) is 13.7 Å². The number of carbonyl (C=O) groups is 1. The zero-order valence-electron chi connectivity index (χ0n) is 15.4. The first-order chi connectivity index (χ1) is 12.9. The van der Waals surface area contributed by atoms with Gasteiger partial charge in [0.05, 0.1) is 23.6 Å². The average molecular weight is 391 g/mol. The normalized spacial score (nSPS) is 25.5. The van der Waals surface area contributed by atoms with Gasteiger partial charge in [0.15, 0.2) is 0 Å². The standard InChI is InChI=1S/C19H25N3O4S/c1-14-4-6-17(7-5-14)27(24,25)26-10-8-15-11-18(21-13-15)19(23)22-9-2-3-16(22)12-20/h4-7,15-16,18,21H,2-3,8-11,13H2,1H3/t15-,16-,18+/m0/s1. The largest absolute Gasteiger partial charge is 0.325 e. The van der Waals surface area contributed by atoms with Crippen molar-refractivity contribution in [2.75, 3.05) is 19.7 Å². The van der Waals surface area contributed by atoms with Crippen molar-refractivity contribution in [1.82, 2.24) is 10.2 Å². The zero-order valence-corrected chi connectivity index (χ0v) is 16.2. The summed E-state index contributed by atoms with van der Waals surface area (Å²) in [5.41, 5.74) is 0.985. The Hall–Kier alpha value is -1.95. The van der Waals surface area contributed by atoms with Gasteiger partial charge in [-0.1, -0.05) is 17.7 Å². The van der Waals surface area contributed by atoms with Crippen LogP contribution in [-0.2, 0) is 19.1 Å². The van der Waals surface area contributed by atoms with E-state index in [4.69, 9.17) is 9.44 Å². The van der Waals surface area contributed by atoms with E-state index in [0.29, 0.717) is 25.9 Å². The molecule has 3 rings (SSSR count). The fraction of sp³-hybridized carbons (Fsp3) is 0.579. The quantitative estimate of drug-likeness (QED) is 0.739. The predicted octanol–water partition coefficient (Wildman–Crippen LogP) is 1.58. The minimum Gasteiger partial charge on any atom is -0.325 e. The molecule has 3 atom stereocenters. The van der Waals surface area contributed by atoms with Crippen molar-refractivity contribution >= 4 is 16.0 Å². The van der Waals surface area contributed by atoms with Crippen LogP contribution in [0.25, 0.3) is 0 Å². The molecule has 27 heavy (non-hydrogen) atoms. The zero-order chi connectivity index (χ0) is 19.4. The van der Waals surface area contributed by atoms with Crippen molar-refractivity contribution in [2.45, 2.75) is 49.6 Å². The van der Waals surface area contributed by atoms with Crippen LogP contribution in [0.3, 0.4) is 0 Å². The number of aryl methyl sites for hydroxylation is 1. The molecule has 0 aromatic heterocycles. The molecule has 0 spiro atoms. The Labute approximate surface area is 160 Å². The monoisotopic (exact) mass is 391 g/mol. The van der Waals surface area contributed by atoms with Crippen molar-refractivity contribution in [3.05, 3.63) is 29.8 Å². The summed E-state index contributed by atoms with van der Waals surface area (Å²) in [5.74, 6) is 0.157. The topological polar surface area (TPSA) is 99.5 Å². The van der Waals surface area contributed by atoms with E-state index < -0.39 is 10.1 Å².